The van der Waals surface area contributed by atoms with E-state index in [1.165, 1.54) is 25.9 Å². The minimum absolute atomic E-state index is 0.0403. The van der Waals surface area contributed by atoms with Crippen molar-refractivity contribution >= 4 is 17.7 Å². The first-order chi connectivity index (χ1) is 13.1. The van der Waals surface area contributed by atoms with E-state index in [-0.39, 0.29) is 11.9 Å². The molecule has 1 N–H and O–H groups in total. The van der Waals surface area contributed by atoms with Crippen molar-refractivity contribution in [2.75, 3.05) is 20.2 Å². The van der Waals surface area contributed by atoms with Gasteiger partial charge in [-0.1, -0.05) is 17.8 Å². The highest BCUT2D eigenvalue weighted by Gasteiger charge is 2.40. The lowest BCUT2D eigenvalue weighted by atomic mass is 9.79. The zero-order chi connectivity index (χ0) is 18.8. The van der Waals surface area contributed by atoms with Crippen LogP contribution in [-0.4, -0.2) is 43.1 Å². The third kappa shape index (κ3) is 3.99. The molecule has 0 aliphatic carbocycles. The van der Waals surface area contributed by atoms with Crippen LogP contribution in [0.2, 0.25) is 0 Å². The number of amides is 1. The van der Waals surface area contributed by atoms with Crippen LogP contribution in [0.5, 0.6) is 5.75 Å². The van der Waals surface area contributed by atoms with Crippen molar-refractivity contribution in [2.24, 2.45) is 5.92 Å². The number of fused-ring (bicyclic) bond motifs is 3. The average molecular weight is 383 g/mol. The quantitative estimate of drug-likeness (QED) is 0.847. The lowest BCUT2D eigenvalue weighted by Gasteiger charge is -2.49. The fourth-order valence-electron chi connectivity index (χ4n) is 4.26. The highest BCUT2D eigenvalue weighted by molar-refractivity contribution is 7.99. The zero-order valence-corrected chi connectivity index (χ0v) is 16.7. The number of carbonyl (C=O) groups excluding carboxylic acids is 1. The maximum absolute atomic E-state index is 12.7. The number of nitrogens with one attached hydrogen (secondary N) is 1. The Bertz CT molecular complexity index is 798. The van der Waals surface area contributed by atoms with E-state index in [1.54, 1.807) is 18.9 Å². The molecule has 3 aliphatic rings. The molecule has 142 valence electrons. The van der Waals surface area contributed by atoms with Crippen molar-refractivity contribution < 1.29 is 9.53 Å². The van der Waals surface area contributed by atoms with Crippen molar-refractivity contribution in [3.05, 3.63) is 54.1 Å². The van der Waals surface area contributed by atoms with E-state index in [0.717, 1.165) is 21.1 Å². The first-order valence-electron chi connectivity index (χ1n) is 9.61. The molecule has 1 amide bonds. The molecule has 2 atom stereocenters. The Balaban J connectivity index is 1.40. The second-order valence-corrected chi connectivity index (χ2v) is 8.57. The number of nitrogens with zero attached hydrogens (tertiary/aromatic N) is 1. The molecule has 0 aromatic heterocycles. The fourth-order valence-corrected chi connectivity index (χ4v) is 5.12. The van der Waals surface area contributed by atoms with Gasteiger partial charge in [-0.15, -0.1) is 0 Å². The topological polar surface area (TPSA) is 41.6 Å². The molecule has 2 bridgehead atoms. The average Bonchev–Trinajstić information content (AvgIpc) is 2.71. The lowest BCUT2D eigenvalue weighted by Crippen LogP contribution is -2.62. The number of rotatable bonds is 5. The summed E-state index contributed by atoms with van der Waals surface area (Å²) in [4.78, 5) is 17.5. The molecule has 2 aromatic carbocycles. The van der Waals surface area contributed by atoms with Gasteiger partial charge < -0.3 is 10.1 Å². The predicted molar refractivity (Wildman–Crippen MR) is 109 cm³/mol. The smallest absolute Gasteiger partial charge is 0.251 e. The van der Waals surface area contributed by atoms with E-state index < -0.39 is 0 Å². The van der Waals surface area contributed by atoms with E-state index in [4.69, 9.17) is 4.74 Å². The molecule has 0 radical (unpaired) electrons. The minimum atomic E-state index is 0.0403. The van der Waals surface area contributed by atoms with Gasteiger partial charge >= 0.3 is 0 Å². The van der Waals surface area contributed by atoms with Gasteiger partial charge in [0.2, 0.25) is 0 Å². The summed E-state index contributed by atoms with van der Waals surface area (Å²) in [5, 5.41) is 3.30. The van der Waals surface area contributed by atoms with Gasteiger partial charge in [-0.05, 0) is 81.2 Å². The molecule has 5 heteroatoms. The molecule has 27 heavy (non-hydrogen) atoms. The van der Waals surface area contributed by atoms with Gasteiger partial charge in [-0.25, -0.2) is 0 Å². The summed E-state index contributed by atoms with van der Waals surface area (Å²) in [6, 6.07) is 16.6. The van der Waals surface area contributed by atoms with Crippen LogP contribution >= 0.6 is 11.8 Å². The van der Waals surface area contributed by atoms with E-state index in [1.807, 2.05) is 42.5 Å². The molecular weight excluding hydrogens is 356 g/mol. The molecule has 0 saturated carbocycles. The predicted octanol–water partition coefficient (Wildman–Crippen LogP) is 4.06. The van der Waals surface area contributed by atoms with Crippen LogP contribution in [0.15, 0.2) is 58.3 Å². The molecule has 0 spiro atoms. The second-order valence-electron chi connectivity index (χ2n) is 7.42. The Hall–Kier alpha value is -1.98. The van der Waals surface area contributed by atoms with E-state index >= 15 is 0 Å². The summed E-state index contributed by atoms with van der Waals surface area (Å²) in [7, 11) is 1.67. The normalized spacial score (nSPS) is 26.6. The maximum Gasteiger partial charge on any atom is 0.251 e. The number of methoxy groups -OCH3 is 1. The molecule has 3 fully saturated rings. The molecule has 3 saturated heterocycles. The molecule has 2 unspecified atom stereocenters. The Kier molecular flexibility index (Phi) is 5.41. The van der Waals surface area contributed by atoms with Crippen molar-refractivity contribution in [1.82, 2.24) is 10.2 Å². The summed E-state index contributed by atoms with van der Waals surface area (Å²) in [5.41, 5.74) is 0.730. The number of benzene rings is 2. The van der Waals surface area contributed by atoms with E-state index in [0.29, 0.717) is 12.0 Å². The number of hydrogen-bond acceptors (Lipinski definition) is 4. The maximum atomic E-state index is 12.7. The van der Waals surface area contributed by atoms with Crippen LogP contribution in [0.1, 0.15) is 30.1 Å². The van der Waals surface area contributed by atoms with Crippen LogP contribution in [0.4, 0.5) is 0 Å². The third-order valence-electron chi connectivity index (χ3n) is 5.87. The SMILES string of the molecule is COc1cccc(Sc2ccc(C(=O)NC3C4CCN(CC4)C3C)cc2)c1. The molecule has 3 aliphatic heterocycles. The van der Waals surface area contributed by atoms with Crippen molar-refractivity contribution in [1.29, 1.82) is 0 Å². The zero-order valence-electron chi connectivity index (χ0n) is 15.9. The summed E-state index contributed by atoms with van der Waals surface area (Å²) >= 11 is 1.67. The van der Waals surface area contributed by atoms with E-state index in [9.17, 15) is 4.79 Å². The van der Waals surface area contributed by atoms with E-state index in [2.05, 4.69) is 23.2 Å². The number of hydrogen-bond donors (Lipinski definition) is 1. The van der Waals surface area contributed by atoms with Crippen LogP contribution in [0.3, 0.4) is 0 Å². The Morgan fingerprint density at radius 2 is 1.85 bits per heavy atom. The monoisotopic (exact) mass is 382 g/mol. The first kappa shape index (κ1) is 18.4. The van der Waals surface area contributed by atoms with Crippen molar-refractivity contribution in [3.8, 4) is 5.75 Å². The van der Waals surface area contributed by atoms with Crippen LogP contribution in [0, 0.1) is 5.92 Å². The molecule has 2 aromatic rings. The summed E-state index contributed by atoms with van der Waals surface area (Å²) in [6.07, 6.45) is 2.40. The highest BCUT2D eigenvalue weighted by atomic mass is 32.2. The van der Waals surface area contributed by atoms with Gasteiger partial charge in [0, 0.05) is 27.4 Å². The Morgan fingerprint density at radius 1 is 1.11 bits per heavy atom. The number of carbonyl (C=O) groups is 1. The first-order valence-corrected chi connectivity index (χ1v) is 10.4. The minimum Gasteiger partial charge on any atom is -0.497 e. The largest absolute Gasteiger partial charge is 0.497 e. The fraction of sp³-hybridized carbons (Fsp3) is 0.409. The second kappa shape index (κ2) is 7.95. The van der Waals surface area contributed by atoms with Gasteiger partial charge in [0.1, 0.15) is 5.75 Å². The Labute approximate surface area is 165 Å². The lowest BCUT2D eigenvalue weighted by molar-refractivity contribution is 0.0217. The third-order valence-corrected chi connectivity index (χ3v) is 6.87. The number of piperidine rings is 3. The molecule has 4 nitrogen and oxygen atoms in total. The van der Waals surface area contributed by atoms with Gasteiger partial charge in [0.05, 0.1) is 7.11 Å². The van der Waals surface area contributed by atoms with Crippen LogP contribution in [-0.2, 0) is 0 Å². The van der Waals surface area contributed by atoms with Crippen molar-refractivity contribution in [3.63, 3.8) is 0 Å². The van der Waals surface area contributed by atoms with Gasteiger partial charge in [-0.3, -0.25) is 9.69 Å². The molecule has 5 rings (SSSR count). The molecule has 3 heterocycles. The summed E-state index contributed by atoms with van der Waals surface area (Å²) in [5.74, 6) is 1.51. The van der Waals surface area contributed by atoms with Gasteiger partial charge in [0.15, 0.2) is 0 Å². The highest BCUT2D eigenvalue weighted by Crippen LogP contribution is 2.33. The number of ether oxygens (including phenoxy) is 1. The Morgan fingerprint density at radius 3 is 2.52 bits per heavy atom. The van der Waals surface area contributed by atoms with Crippen LogP contribution < -0.4 is 10.1 Å². The molecular formula is C22H26N2O2S. The summed E-state index contributed by atoms with van der Waals surface area (Å²) < 4.78 is 5.28. The van der Waals surface area contributed by atoms with Gasteiger partial charge in [-0.2, -0.15) is 0 Å². The van der Waals surface area contributed by atoms with Gasteiger partial charge in [0.25, 0.3) is 5.91 Å². The van der Waals surface area contributed by atoms with Crippen molar-refractivity contribution in [2.45, 2.75) is 41.6 Å². The standard InChI is InChI=1S/C22H26N2O2S/c1-15-21(16-10-12-24(15)13-11-16)23-22(25)17-6-8-19(9-7-17)27-20-5-3-4-18(14-20)26-2/h3-9,14-16,21H,10-13H2,1-2H3,(H,23,25). The van der Waals surface area contributed by atoms with Crippen LogP contribution in [0.25, 0.3) is 0 Å². The summed E-state index contributed by atoms with van der Waals surface area (Å²) in [6.45, 7) is 4.59.